The van der Waals surface area contributed by atoms with Crippen LogP contribution in [0.5, 0.6) is 0 Å². The molecule has 30 heteroatoms. The van der Waals surface area contributed by atoms with E-state index in [9.17, 15) is 81.4 Å². The van der Waals surface area contributed by atoms with Crippen molar-refractivity contribution in [2.45, 2.75) is 285 Å². The third kappa shape index (κ3) is 12.3. The maximum atomic E-state index is 15.7. The van der Waals surface area contributed by atoms with Gasteiger partial charge in [0.2, 0.25) is 6.29 Å². The number of carbonyl (C=O) groups excluding carboxylic acids is 2. The van der Waals surface area contributed by atoms with Gasteiger partial charge in [0.1, 0.15) is 109 Å². The van der Waals surface area contributed by atoms with Crippen molar-refractivity contribution < 1.29 is 148 Å². The Morgan fingerprint density at radius 1 is 0.495 bits per heavy atom. The zero-order valence-electron chi connectivity index (χ0n) is 54.0. The molecular weight excluding hydrogens is 1240 g/mol. The first kappa shape index (κ1) is 71.9. The molecule has 0 spiro atoms. The third-order valence-electron chi connectivity index (χ3n) is 24.2. The first-order chi connectivity index (χ1) is 43.6. The van der Waals surface area contributed by atoms with Crippen molar-refractivity contribution in [1.82, 2.24) is 0 Å². The molecule has 0 unspecified atom stereocenters. The number of methoxy groups -OCH3 is 1. The summed E-state index contributed by atoms with van der Waals surface area (Å²) in [6.07, 6.45) is -39.3. The number of rotatable bonds is 13. The Balaban J connectivity index is 0.830. The van der Waals surface area contributed by atoms with E-state index in [4.69, 9.17) is 61.6 Å². The van der Waals surface area contributed by atoms with Crippen LogP contribution in [0, 0.1) is 50.2 Å². The van der Waals surface area contributed by atoms with E-state index in [1.54, 1.807) is 0 Å². The van der Waals surface area contributed by atoms with Crippen molar-refractivity contribution in [2.75, 3.05) is 33.5 Å². The van der Waals surface area contributed by atoms with Crippen LogP contribution in [0.2, 0.25) is 0 Å². The molecule has 6 saturated heterocycles. The summed E-state index contributed by atoms with van der Waals surface area (Å²) in [6.45, 7) is 14.6. The number of hydrogen-bond acceptors (Lipinski definition) is 30. The number of fused-ring (bicyclic) bond motifs is 7. The highest BCUT2D eigenvalue weighted by Crippen LogP contribution is 2.76. The van der Waals surface area contributed by atoms with E-state index in [-0.39, 0.29) is 35.5 Å². The molecule has 4 saturated carbocycles. The normalized spacial score (nSPS) is 53.8. The van der Waals surface area contributed by atoms with Crippen molar-refractivity contribution in [1.29, 1.82) is 0 Å². The summed E-state index contributed by atoms with van der Waals surface area (Å²) in [6, 6.07) is 0. The Labute approximate surface area is 538 Å². The molecule has 30 nitrogen and oxygen atoms in total. The average Bonchev–Trinajstić information content (AvgIpc) is 0.672. The van der Waals surface area contributed by atoms with Crippen LogP contribution in [0.3, 0.4) is 0 Å². The van der Waals surface area contributed by atoms with Gasteiger partial charge in [-0.25, -0.2) is 4.79 Å². The first-order valence-corrected chi connectivity index (χ1v) is 32.8. The molecule has 0 aromatic heterocycles. The summed E-state index contributed by atoms with van der Waals surface area (Å²) in [5.74, 6) is -2.18. The zero-order valence-corrected chi connectivity index (χ0v) is 54.0. The van der Waals surface area contributed by atoms with Gasteiger partial charge in [-0.3, -0.25) is 4.79 Å². The molecule has 6 aliphatic heterocycles. The largest absolute Gasteiger partial charge is 0.467 e. The first-order valence-electron chi connectivity index (χ1n) is 32.8. The van der Waals surface area contributed by atoms with Crippen molar-refractivity contribution in [3.05, 3.63) is 11.6 Å². The van der Waals surface area contributed by atoms with Crippen molar-refractivity contribution >= 4 is 11.9 Å². The second-order valence-corrected chi connectivity index (χ2v) is 30.4. The molecule has 0 bridgehead atoms. The number of esters is 2. The fourth-order valence-electron chi connectivity index (χ4n) is 18.5. The van der Waals surface area contributed by atoms with E-state index < -0.39 is 238 Å². The Morgan fingerprint density at radius 3 is 1.65 bits per heavy atom. The quantitative estimate of drug-likeness (QED) is 0.0480. The van der Waals surface area contributed by atoms with E-state index in [2.05, 4.69) is 54.5 Å². The minimum absolute atomic E-state index is 0.0629. The van der Waals surface area contributed by atoms with Crippen LogP contribution in [0.1, 0.15) is 113 Å². The minimum Gasteiger partial charge on any atom is -0.467 e. The Bertz CT molecular complexity index is 2670. The zero-order chi connectivity index (χ0) is 67.7. The molecule has 532 valence electrons. The highest BCUT2D eigenvalue weighted by atomic mass is 16.8. The molecule has 93 heavy (non-hydrogen) atoms. The van der Waals surface area contributed by atoms with Gasteiger partial charge in [-0.1, -0.05) is 60.1 Å². The standard InChI is InChI=1S/C63H100O30/c1-24-45(88-53-43(77)46(30(67)23-84-53)89-51-40(74)35(69)27(64)20-82-51)47(90-52-41(75)36(70)28(65)21-83-52)44(78)55(86-24)92-49-37(71)29(66)22-85-56(49)93-57(80)63-17-16-58(2,3)18-26(63)25-10-11-32-60(6)14-13-34(87-54-42(76)38(72)39(73)48(91-54)50(79)81-9)59(4,5)31(60)12-15-61(32,7)62(25,8)19-33(63)68/h10,24,26-49,51-56,64-78H,11-23H2,1-9H3/t24-,26-,27+,28-,29-,30+,31-,32+,33+,34-,35-,36-,37-,38-,39-,40+,41+,42+,43+,44+,45-,46-,47-,48-,49+,51-,52-,53-,54+,55-,56-,60-,61+,62+,63+/m0/s1. The van der Waals surface area contributed by atoms with Gasteiger partial charge in [0, 0.05) is 0 Å². The maximum Gasteiger partial charge on any atom is 0.337 e. The molecule has 0 amide bonds. The van der Waals surface area contributed by atoms with Crippen molar-refractivity contribution in [3.8, 4) is 0 Å². The fourth-order valence-corrected chi connectivity index (χ4v) is 18.5. The van der Waals surface area contributed by atoms with Crippen LogP contribution >= 0.6 is 0 Å². The molecule has 15 N–H and O–H groups in total. The number of carbonyl (C=O) groups is 2. The highest BCUT2D eigenvalue weighted by molar-refractivity contribution is 5.80. The molecule has 0 aromatic carbocycles. The van der Waals surface area contributed by atoms with Crippen LogP contribution < -0.4 is 0 Å². The lowest BCUT2D eigenvalue weighted by molar-refractivity contribution is -0.392. The van der Waals surface area contributed by atoms with Crippen LogP contribution in [0.25, 0.3) is 0 Å². The molecule has 11 rings (SSSR count). The fraction of sp³-hybridized carbons (Fsp3) is 0.937. The van der Waals surface area contributed by atoms with Crippen LogP contribution in [-0.4, -0.2) is 294 Å². The van der Waals surface area contributed by atoms with Gasteiger partial charge in [0.25, 0.3) is 0 Å². The summed E-state index contributed by atoms with van der Waals surface area (Å²) in [5, 5.41) is 166. The lowest BCUT2D eigenvalue weighted by atomic mass is 9.33. The van der Waals surface area contributed by atoms with E-state index in [1.807, 2.05) is 0 Å². The van der Waals surface area contributed by atoms with Crippen LogP contribution in [0.15, 0.2) is 11.6 Å². The molecule has 0 radical (unpaired) electrons. The van der Waals surface area contributed by atoms with Gasteiger partial charge in [-0.05, 0) is 110 Å². The third-order valence-corrected chi connectivity index (χ3v) is 24.2. The molecule has 0 aromatic rings. The number of aliphatic hydroxyl groups is 15. The Kier molecular flexibility index (Phi) is 20.6. The summed E-state index contributed by atoms with van der Waals surface area (Å²) in [5.41, 5.74) is -2.74. The second kappa shape index (κ2) is 26.6. The van der Waals surface area contributed by atoms with Crippen molar-refractivity contribution in [2.24, 2.45) is 50.2 Å². The van der Waals surface area contributed by atoms with E-state index in [0.29, 0.717) is 32.1 Å². The molecule has 10 fully saturated rings. The predicted molar refractivity (Wildman–Crippen MR) is 309 cm³/mol. The van der Waals surface area contributed by atoms with Crippen LogP contribution in [-0.2, 0) is 71.2 Å². The minimum atomic E-state index is -2.07. The monoisotopic (exact) mass is 1340 g/mol. The number of allylic oxidation sites excluding steroid dienone is 2. The summed E-state index contributed by atoms with van der Waals surface area (Å²) in [7, 11) is 1.13. The predicted octanol–water partition coefficient (Wildman–Crippen LogP) is -3.65. The number of aliphatic hydroxyl groups excluding tert-OH is 15. The molecule has 11 aliphatic rings. The van der Waals surface area contributed by atoms with Crippen LogP contribution in [0.4, 0.5) is 0 Å². The lowest BCUT2D eigenvalue weighted by Crippen LogP contribution is -2.68. The molecule has 5 aliphatic carbocycles. The Hall–Kier alpha value is -2.36. The Morgan fingerprint density at radius 2 is 1.02 bits per heavy atom. The van der Waals surface area contributed by atoms with Crippen molar-refractivity contribution in [3.63, 3.8) is 0 Å². The average molecular weight is 1340 g/mol. The van der Waals surface area contributed by atoms with Gasteiger partial charge < -0.3 is 138 Å². The number of hydrogen-bond donors (Lipinski definition) is 15. The SMILES string of the molecule is COC(=O)[C@H]1O[C@@H](O[C@H]2CC[C@]3(C)[C@H]4CC=C5[C@@H]6CC(C)(C)CC[C@]6(C(=O)O[C@@H]6OC[C@H](O)[C@H](O)[C@H]6O[C@@H]6O[C@@H](C)[C@H](O[C@@H]7OC[C@@H](O)[C@H](O[C@@H]8OC[C@@H](O)[C@H](O)[C@H]8O)[C@H]7O)[C@@H](O[C@@H]7OC[C@H](O)[C@H](O)[C@H]7O)[C@H]6O)[C@H](O)C[C@@]5(C)[C@]4(C)CC[C@H]3C2(C)C)[C@H](O)[C@@H](O)[C@@H]1O. The van der Waals surface area contributed by atoms with E-state index in [1.165, 1.54) is 6.92 Å². The molecule has 35 atom stereocenters. The van der Waals surface area contributed by atoms with E-state index in [0.717, 1.165) is 25.5 Å². The van der Waals surface area contributed by atoms with Gasteiger partial charge >= 0.3 is 11.9 Å². The van der Waals surface area contributed by atoms with Gasteiger partial charge in [0.05, 0.1) is 51.8 Å². The van der Waals surface area contributed by atoms with Gasteiger partial charge in [-0.15, -0.1) is 0 Å². The summed E-state index contributed by atoms with van der Waals surface area (Å²) >= 11 is 0. The van der Waals surface area contributed by atoms with E-state index >= 15 is 4.79 Å². The van der Waals surface area contributed by atoms with Gasteiger partial charge in [-0.2, -0.15) is 0 Å². The smallest absolute Gasteiger partial charge is 0.337 e. The topological polar surface area (TPSA) is 458 Å². The van der Waals surface area contributed by atoms with Gasteiger partial charge in [0.15, 0.2) is 43.7 Å². The second-order valence-electron chi connectivity index (χ2n) is 30.4. The summed E-state index contributed by atoms with van der Waals surface area (Å²) in [4.78, 5) is 28.3. The summed E-state index contributed by atoms with van der Waals surface area (Å²) < 4.78 is 76.7. The lowest BCUT2D eigenvalue weighted by Gasteiger charge is -2.71. The molecular formula is C63H100O30. The number of ether oxygens (including phenoxy) is 13. The maximum absolute atomic E-state index is 15.7. The highest BCUT2D eigenvalue weighted by Gasteiger charge is 2.72. The molecule has 6 heterocycles.